The van der Waals surface area contributed by atoms with Crippen molar-refractivity contribution >= 4 is 5.91 Å². The van der Waals surface area contributed by atoms with Crippen LogP contribution in [-0.4, -0.2) is 5.91 Å². The van der Waals surface area contributed by atoms with Crippen LogP contribution in [0, 0.1) is 18.6 Å². The Bertz CT molecular complexity index is 1490. The largest absolute Gasteiger partial charge is 0.463 e. The summed E-state index contributed by atoms with van der Waals surface area (Å²) in [4.78, 5) is 13.4. The van der Waals surface area contributed by atoms with Gasteiger partial charge in [0.25, 0.3) is 5.91 Å². The van der Waals surface area contributed by atoms with Gasteiger partial charge >= 0.3 is 12.4 Å². The molecule has 0 saturated heterocycles. The van der Waals surface area contributed by atoms with Crippen LogP contribution < -0.4 is 5.32 Å². The Morgan fingerprint density at radius 2 is 1.46 bits per heavy atom. The fourth-order valence-corrected chi connectivity index (χ4v) is 4.22. The highest BCUT2D eigenvalue weighted by Gasteiger charge is 2.43. The molecular formula is C28H19F8NO2. The van der Waals surface area contributed by atoms with E-state index in [1.165, 1.54) is 19.1 Å². The minimum Gasteiger partial charge on any atom is -0.463 e. The second kappa shape index (κ2) is 10.2. The molecule has 0 spiro atoms. The van der Waals surface area contributed by atoms with Gasteiger partial charge in [0.2, 0.25) is 0 Å². The van der Waals surface area contributed by atoms with Crippen LogP contribution >= 0.6 is 0 Å². The fourth-order valence-electron chi connectivity index (χ4n) is 4.22. The SMILES string of the molecule is Cc1ccc(C(Cc2ccccc2)(NC(=O)c2ccc(F)c(C(F)(F)F)c2)c2cc(F)cc(C(F)(F)F)c2)o1. The molecule has 1 N–H and O–H groups in total. The van der Waals surface area contributed by atoms with Gasteiger partial charge in [-0.3, -0.25) is 4.79 Å². The molecule has 1 aromatic heterocycles. The average Bonchev–Trinajstić information content (AvgIpc) is 3.29. The fraction of sp³-hybridized carbons (Fsp3) is 0.179. The molecule has 4 rings (SSSR count). The van der Waals surface area contributed by atoms with Crippen LogP contribution in [-0.2, 0) is 24.3 Å². The number of rotatable bonds is 6. The van der Waals surface area contributed by atoms with Crippen LogP contribution in [0.25, 0.3) is 0 Å². The summed E-state index contributed by atoms with van der Waals surface area (Å²) in [5.41, 5.74) is -5.62. The number of carbonyl (C=O) groups is 1. The third-order valence-corrected chi connectivity index (χ3v) is 6.05. The van der Waals surface area contributed by atoms with Gasteiger partial charge in [-0.25, -0.2) is 8.78 Å². The van der Waals surface area contributed by atoms with Gasteiger partial charge < -0.3 is 9.73 Å². The summed E-state index contributed by atoms with van der Waals surface area (Å²) in [5, 5.41) is 2.49. The van der Waals surface area contributed by atoms with E-state index < -0.39 is 52.1 Å². The quantitative estimate of drug-likeness (QED) is 0.248. The van der Waals surface area contributed by atoms with Crippen molar-refractivity contribution < 1.29 is 44.3 Å². The molecule has 11 heteroatoms. The lowest BCUT2D eigenvalue weighted by Gasteiger charge is -2.34. The Morgan fingerprint density at radius 3 is 2.05 bits per heavy atom. The summed E-state index contributed by atoms with van der Waals surface area (Å²) in [7, 11) is 0. The number of nitrogens with one attached hydrogen (secondary N) is 1. The Morgan fingerprint density at radius 1 is 0.795 bits per heavy atom. The topological polar surface area (TPSA) is 42.2 Å². The van der Waals surface area contributed by atoms with E-state index in [0.717, 1.165) is 12.1 Å². The molecule has 204 valence electrons. The zero-order chi connectivity index (χ0) is 28.6. The predicted octanol–water partition coefficient (Wildman–Crippen LogP) is 7.82. The van der Waals surface area contributed by atoms with Crippen molar-refractivity contribution in [2.24, 2.45) is 0 Å². The molecular weight excluding hydrogens is 534 g/mol. The summed E-state index contributed by atoms with van der Waals surface area (Å²) < 4.78 is 115. The van der Waals surface area contributed by atoms with E-state index in [-0.39, 0.29) is 29.9 Å². The summed E-state index contributed by atoms with van der Waals surface area (Å²) in [5.74, 6) is -3.88. The normalized spacial score (nSPS) is 13.7. The van der Waals surface area contributed by atoms with Crippen LogP contribution in [0.5, 0.6) is 0 Å². The first kappa shape index (κ1) is 27.9. The molecule has 0 fully saturated rings. The second-order valence-electron chi connectivity index (χ2n) is 8.85. The molecule has 0 aliphatic carbocycles. The van der Waals surface area contributed by atoms with Crippen LogP contribution in [0.15, 0.2) is 83.3 Å². The van der Waals surface area contributed by atoms with Crippen LogP contribution in [0.4, 0.5) is 35.1 Å². The van der Waals surface area contributed by atoms with E-state index in [1.807, 2.05) is 0 Å². The number of furan rings is 1. The molecule has 39 heavy (non-hydrogen) atoms. The molecule has 3 aromatic carbocycles. The highest BCUT2D eigenvalue weighted by Crippen LogP contribution is 2.39. The Hall–Kier alpha value is -4.15. The van der Waals surface area contributed by atoms with Crippen molar-refractivity contribution in [2.45, 2.75) is 31.2 Å². The summed E-state index contributed by atoms with van der Waals surface area (Å²) in [6.07, 6.45) is -10.4. The second-order valence-corrected chi connectivity index (χ2v) is 8.85. The first-order valence-electron chi connectivity index (χ1n) is 11.4. The molecule has 1 heterocycles. The van der Waals surface area contributed by atoms with Crippen LogP contribution in [0.2, 0.25) is 0 Å². The van der Waals surface area contributed by atoms with Crippen molar-refractivity contribution in [3.63, 3.8) is 0 Å². The lowest BCUT2D eigenvalue weighted by Crippen LogP contribution is -2.48. The van der Waals surface area contributed by atoms with Gasteiger partial charge in [-0.1, -0.05) is 30.3 Å². The summed E-state index contributed by atoms with van der Waals surface area (Å²) >= 11 is 0. The van der Waals surface area contributed by atoms with E-state index in [4.69, 9.17) is 4.42 Å². The third-order valence-electron chi connectivity index (χ3n) is 6.05. The number of aryl methyl sites for hydroxylation is 1. The van der Waals surface area contributed by atoms with Gasteiger partial charge in [-0.05, 0) is 66.6 Å². The van der Waals surface area contributed by atoms with E-state index in [9.17, 15) is 39.9 Å². The van der Waals surface area contributed by atoms with Gasteiger partial charge in [0, 0.05) is 12.0 Å². The van der Waals surface area contributed by atoms with Gasteiger partial charge in [-0.2, -0.15) is 26.3 Å². The molecule has 1 unspecified atom stereocenters. The molecule has 0 saturated carbocycles. The van der Waals surface area contributed by atoms with Crippen molar-refractivity contribution in [3.8, 4) is 0 Å². The number of halogens is 8. The number of carbonyl (C=O) groups excluding carboxylic acids is 1. The minimum atomic E-state index is -5.12. The third kappa shape index (κ3) is 5.97. The van der Waals surface area contributed by atoms with Gasteiger partial charge in [-0.15, -0.1) is 0 Å². The number of hydrogen-bond donors (Lipinski definition) is 1. The molecule has 0 aliphatic heterocycles. The van der Waals surface area contributed by atoms with Gasteiger partial charge in [0.1, 0.15) is 28.7 Å². The maximum absolute atomic E-state index is 14.6. The Kier molecular flexibility index (Phi) is 7.29. The zero-order valence-corrected chi connectivity index (χ0v) is 20.1. The lowest BCUT2D eigenvalue weighted by atomic mass is 9.80. The molecule has 3 nitrogen and oxygen atoms in total. The van der Waals surface area contributed by atoms with Crippen LogP contribution in [0.3, 0.4) is 0 Å². The smallest absolute Gasteiger partial charge is 0.419 e. The average molecular weight is 553 g/mol. The maximum atomic E-state index is 14.6. The van der Waals surface area contributed by atoms with Gasteiger partial charge in [0.05, 0.1) is 11.1 Å². The predicted molar refractivity (Wildman–Crippen MR) is 125 cm³/mol. The molecule has 1 atom stereocenters. The van der Waals surface area contributed by atoms with Crippen molar-refractivity contribution in [3.05, 3.63) is 130 Å². The van der Waals surface area contributed by atoms with E-state index in [0.29, 0.717) is 23.5 Å². The van der Waals surface area contributed by atoms with Crippen molar-refractivity contribution in [1.82, 2.24) is 5.32 Å². The minimum absolute atomic E-state index is 0.103. The van der Waals surface area contributed by atoms with Crippen LogP contribution in [0.1, 0.15) is 44.1 Å². The molecule has 4 aromatic rings. The van der Waals surface area contributed by atoms with Gasteiger partial charge in [0.15, 0.2) is 0 Å². The number of hydrogen-bond acceptors (Lipinski definition) is 2. The number of amides is 1. The monoisotopic (exact) mass is 553 g/mol. The molecule has 1 amide bonds. The summed E-state index contributed by atoms with van der Waals surface area (Å²) in [6, 6.07) is 14.2. The zero-order valence-electron chi connectivity index (χ0n) is 20.1. The number of alkyl halides is 6. The first-order valence-corrected chi connectivity index (χ1v) is 11.4. The molecule has 0 aliphatic rings. The van der Waals surface area contributed by atoms with Crippen molar-refractivity contribution in [1.29, 1.82) is 0 Å². The lowest BCUT2D eigenvalue weighted by molar-refractivity contribution is -0.140. The first-order chi connectivity index (χ1) is 18.2. The standard InChI is InChI=1S/C28H19F8NO2/c1-16-7-10-24(39-16)26(15-17-5-3-2-4-6-17,19-12-20(27(31,32)33)14-21(29)13-19)37-25(38)18-8-9-23(30)22(11-18)28(34,35)36/h2-14H,15H2,1H3,(H,37,38). The molecule has 0 bridgehead atoms. The highest BCUT2D eigenvalue weighted by molar-refractivity contribution is 5.95. The van der Waals surface area contributed by atoms with Crippen molar-refractivity contribution in [2.75, 3.05) is 0 Å². The Labute approximate surface area is 217 Å². The van der Waals surface area contributed by atoms with E-state index in [2.05, 4.69) is 5.32 Å². The Balaban J connectivity index is 1.96. The van der Waals surface area contributed by atoms with E-state index in [1.54, 1.807) is 30.3 Å². The summed E-state index contributed by atoms with van der Waals surface area (Å²) in [6.45, 7) is 1.53. The highest BCUT2D eigenvalue weighted by atomic mass is 19.4. The van der Waals surface area contributed by atoms with E-state index >= 15 is 0 Å². The number of benzene rings is 3. The molecule has 0 radical (unpaired) electrons. The maximum Gasteiger partial charge on any atom is 0.419 e.